The van der Waals surface area contributed by atoms with Gasteiger partial charge in [0.1, 0.15) is 0 Å². The molecule has 3 aromatic carbocycles. The van der Waals surface area contributed by atoms with Gasteiger partial charge in [-0.3, -0.25) is 9.59 Å². The topological polar surface area (TPSA) is 40.6 Å². The quantitative estimate of drug-likeness (QED) is 0.389. The van der Waals surface area contributed by atoms with Crippen molar-refractivity contribution < 1.29 is 22.8 Å². The van der Waals surface area contributed by atoms with Crippen molar-refractivity contribution in [1.82, 2.24) is 0 Å². The summed E-state index contributed by atoms with van der Waals surface area (Å²) in [6, 6.07) is 18.1. The molecule has 1 heterocycles. The summed E-state index contributed by atoms with van der Waals surface area (Å²) in [5, 5.41) is 0.575. The Hall–Kier alpha value is -3.32. The molecule has 182 valence electrons. The second-order valence-corrected chi connectivity index (χ2v) is 8.94. The Morgan fingerprint density at radius 1 is 1.00 bits per heavy atom. The van der Waals surface area contributed by atoms with Crippen LogP contribution in [0.25, 0.3) is 0 Å². The van der Waals surface area contributed by atoms with E-state index >= 15 is 0 Å². The number of carbonyl (C=O) groups is 2. The number of benzene rings is 3. The minimum Gasteiger partial charge on any atom is -0.312 e. The van der Waals surface area contributed by atoms with E-state index in [1.807, 2.05) is 26.0 Å². The zero-order chi connectivity index (χ0) is 25.3. The summed E-state index contributed by atoms with van der Waals surface area (Å²) >= 11 is 6.00. The zero-order valence-corrected chi connectivity index (χ0v) is 20.0. The first kappa shape index (κ1) is 24.8. The molecule has 0 saturated carbocycles. The molecule has 0 spiro atoms. The maximum atomic E-state index is 13.7. The van der Waals surface area contributed by atoms with Crippen molar-refractivity contribution in [2.75, 3.05) is 16.3 Å². The summed E-state index contributed by atoms with van der Waals surface area (Å²) in [5.41, 5.74) is 1.37. The molecule has 0 aromatic heterocycles. The number of alkyl halides is 3. The second-order valence-electron chi connectivity index (χ2n) is 8.51. The summed E-state index contributed by atoms with van der Waals surface area (Å²) in [6.45, 7) is 4.20. The van der Waals surface area contributed by atoms with Gasteiger partial charge in [-0.1, -0.05) is 29.8 Å². The van der Waals surface area contributed by atoms with Crippen LogP contribution in [0.2, 0.25) is 5.02 Å². The van der Waals surface area contributed by atoms with E-state index in [0.717, 1.165) is 17.8 Å². The molecule has 8 heteroatoms. The molecule has 0 fully saturated rings. The molecular weight excluding hydrogens is 477 g/mol. The van der Waals surface area contributed by atoms with Crippen molar-refractivity contribution in [2.24, 2.45) is 0 Å². The van der Waals surface area contributed by atoms with Gasteiger partial charge >= 0.3 is 6.18 Å². The predicted molar refractivity (Wildman–Crippen MR) is 131 cm³/mol. The van der Waals surface area contributed by atoms with E-state index in [2.05, 4.69) is 0 Å². The number of likely N-dealkylation sites (N-methyl/N-ethyl adjacent to an activating group) is 1. The fourth-order valence-electron chi connectivity index (χ4n) is 4.57. The van der Waals surface area contributed by atoms with Gasteiger partial charge in [-0.2, -0.15) is 13.2 Å². The zero-order valence-electron chi connectivity index (χ0n) is 19.2. The summed E-state index contributed by atoms with van der Waals surface area (Å²) in [4.78, 5) is 30.3. The first-order valence-corrected chi connectivity index (χ1v) is 11.7. The third-order valence-electron chi connectivity index (χ3n) is 6.29. The summed E-state index contributed by atoms with van der Waals surface area (Å²) in [7, 11) is 0. The van der Waals surface area contributed by atoms with Gasteiger partial charge in [-0.05, 0) is 80.4 Å². The number of nitrogens with zero attached hydrogens (tertiary/aromatic N) is 2. The highest BCUT2D eigenvalue weighted by molar-refractivity contribution is 6.30. The molecule has 1 aliphatic rings. The molecule has 35 heavy (non-hydrogen) atoms. The maximum Gasteiger partial charge on any atom is 0.416 e. The number of carbonyl (C=O) groups excluding carboxylic acids is 2. The van der Waals surface area contributed by atoms with Gasteiger partial charge in [0, 0.05) is 34.5 Å². The lowest BCUT2D eigenvalue weighted by molar-refractivity contribution is -0.137. The van der Waals surface area contributed by atoms with Gasteiger partial charge in [0.15, 0.2) is 0 Å². The lowest BCUT2D eigenvalue weighted by atomic mass is 9.84. The van der Waals surface area contributed by atoms with Crippen LogP contribution in [0, 0.1) is 0 Å². The first-order valence-electron chi connectivity index (χ1n) is 11.3. The SMILES string of the molecule is CCN(C(=O)[C@@H]1C[C@H](C)N(C(=O)c2ccc(C(F)(F)F)cc2)c2ccccc21)c1ccc(Cl)cc1. The molecule has 0 N–H and O–H groups in total. The normalized spacial score (nSPS) is 17.6. The monoisotopic (exact) mass is 500 g/mol. The van der Waals surface area contributed by atoms with Gasteiger partial charge in [0.25, 0.3) is 5.91 Å². The molecule has 0 aliphatic carbocycles. The van der Waals surface area contributed by atoms with Gasteiger partial charge in [-0.25, -0.2) is 0 Å². The molecule has 0 radical (unpaired) electrons. The highest BCUT2D eigenvalue weighted by Crippen LogP contribution is 2.41. The molecule has 4 nitrogen and oxygen atoms in total. The van der Waals surface area contributed by atoms with Gasteiger partial charge < -0.3 is 9.80 Å². The van der Waals surface area contributed by atoms with E-state index in [9.17, 15) is 22.8 Å². The summed E-state index contributed by atoms with van der Waals surface area (Å²) in [5.74, 6) is -0.973. The molecule has 2 atom stereocenters. The van der Waals surface area contributed by atoms with E-state index in [-0.39, 0.29) is 17.5 Å². The maximum absolute atomic E-state index is 13.7. The Morgan fingerprint density at radius 2 is 1.63 bits per heavy atom. The van der Waals surface area contributed by atoms with E-state index < -0.39 is 23.6 Å². The number of rotatable bonds is 4. The molecule has 4 rings (SSSR count). The number of anilines is 2. The van der Waals surface area contributed by atoms with Crippen molar-refractivity contribution in [3.05, 3.63) is 94.5 Å². The average Bonchev–Trinajstić information content (AvgIpc) is 2.84. The van der Waals surface area contributed by atoms with Crippen LogP contribution in [-0.2, 0) is 11.0 Å². The fourth-order valence-corrected chi connectivity index (χ4v) is 4.70. The lowest BCUT2D eigenvalue weighted by Gasteiger charge is -2.40. The van der Waals surface area contributed by atoms with E-state index in [1.165, 1.54) is 12.1 Å². The summed E-state index contributed by atoms with van der Waals surface area (Å²) in [6.07, 6.45) is -4.10. The van der Waals surface area contributed by atoms with Crippen LogP contribution in [0.15, 0.2) is 72.8 Å². The minimum atomic E-state index is -4.48. The average molecular weight is 501 g/mol. The molecule has 0 saturated heterocycles. The molecule has 3 aromatic rings. The Morgan fingerprint density at radius 3 is 2.23 bits per heavy atom. The number of para-hydroxylation sites is 1. The van der Waals surface area contributed by atoms with Crippen LogP contribution >= 0.6 is 11.6 Å². The van der Waals surface area contributed by atoms with E-state index in [4.69, 9.17) is 11.6 Å². The van der Waals surface area contributed by atoms with Crippen LogP contribution in [0.3, 0.4) is 0 Å². The highest BCUT2D eigenvalue weighted by Gasteiger charge is 2.39. The number of hydrogen-bond donors (Lipinski definition) is 0. The van der Waals surface area contributed by atoms with E-state index in [1.54, 1.807) is 46.2 Å². The largest absolute Gasteiger partial charge is 0.416 e. The van der Waals surface area contributed by atoms with Crippen molar-refractivity contribution in [3.63, 3.8) is 0 Å². The van der Waals surface area contributed by atoms with E-state index in [0.29, 0.717) is 29.2 Å². The fraction of sp³-hybridized carbons (Fsp3) is 0.259. The molecule has 1 aliphatic heterocycles. The first-order chi connectivity index (χ1) is 16.6. The van der Waals surface area contributed by atoms with Gasteiger partial charge in [-0.15, -0.1) is 0 Å². The van der Waals surface area contributed by atoms with Crippen LogP contribution in [0.5, 0.6) is 0 Å². The van der Waals surface area contributed by atoms with Gasteiger partial charge in [0.05, 0.1) is 11.5 Å². The molecular formula is C27H24ClF3N2O2. The van der Waals surface area contributed by atoms with Crippen molar-refractivity contribution in [2.45, 2.75) is 38.4 Å². The molecule has 2 amide bonds. The highest BCUT2D eigenvalue weighted by atomic mass is 35.5. The summed E-state index contributed by atoms with van der Waals surface area (Å²) < 4.78 is 38.9. The third kappa shape index (κ3) is 4.91. The number of amides is 2. The Bertz CT molecular complexity index is 1230. The molecule has 0 bridgehead atoms. The minimum absolute atomic E-state index is 0.0873. The van der Waals surface area contributed by atoms with Crippen LogP contribution in [0.1, 0.15) is 47.7 Å². The van der Waals surface area contributed by atoms with Crippen molar-refractivity contribution in [3.8, 4) is 0 Å². The smallest absolute Gasteiger partial charge is 0.312 e. The van der Waals surface area contributed by atoms with Crippen LogP contribution in [-0.4, -0.2) is 24.4 Å². The standard InChI is InChI=1S/C27H24ClF3N2O2/c1-3-32(21-14-12-20(28)13-15-21)26(35)23-16-17(2)33(24-7-5-4-6-22(23)24)25(34)18-8-10-19(11-9-18)27(29,30)31/h4-15,17,23H,3,16H2,1-2H3/t17-,23+/m0/s1. The van der Waals surface area contributed by atoms with Crippen LogP contribution < -0.4 is 9.80 Å². The van der Waals surface area contributed by atoms with Gasteiger partial charge in [0.2, 0.25) is 5.91 Å². The Kier molecular flexibility index (Phi) is 6.90. The number of hydrogen-bond acceptors (Lipinski definition) is 2. The lowest BCUT2D eigenvalue weighted by Crippen LogP contribution is -2.46. The number of halogens is 4. The Labute approximate surface area is 206 Å². The second kappa shape index (κ2) is 9.74. The van der Waals surface area contributed by atoms with Crippen molar-refractivity contribution >= 4 is 34.8 Å². The molecule has 0 unspecified atom stereocenters. The number of fused-ring (bicyclic) bond motifs is 1. The Balaban J connectivity index is 1.67. The third-order valence-corrected chi connectivity index (χ3v) is 6.54. The van der Waals surface area contributed by atoms with Crippen LogP contribution in [0.4, 0.5) is 24.5 Å². The van der Waals surface area contributed by atoms with Crippen molar-refractivity contribution in [1.29, 1.82) is 0 Å². The predicted octanol–water partition coefficient (Wildman–Crippen LogP) is 6.93.